The first-order valence-electron chi connectivity index (χ1n) is 10.5. The van der Waals surface area contributed by atoms with Crippen LogP contribution in [-0.2, 0) is 9.59 Å². The Morgan fingerprint density at radius 2 is 1.44 bits per heavy atom. The summed E-state index contributed by atoms with van der Waals surface area (Å²) < 4.78 is 0. The number of anilines is 3. The Kier molecular flexibility index (Phi) is 6.03. The molecule has 3 aromatic rings. The van der Waals surface area contributed by atoms with Crippen molar-refractivity contribution in [3.63, 3.8) is 0 Å². The highest BCUT2D eigenvalue weighted by Crippen LogP contribution is 2.27. The predicted octanol–water partition coefficient (Wildman–Crippen LogP) is 4.55. The van der Waals surface area contributed by atoms with Crippen LogP contribution in [-0.4, -0.2) is 24.3 Å². The van der Waals surface area contributed by atoms with E-state index < -0.39 is 5.92 Å². The molecule has 162 valence electrons. The molecular weight excluding hydrogens is 402 g/mol. The average molecular weight is 428 g/mol. The zero-order chi connectivity index (χ0) is 22.7. The first-order chi connectivity index (χ1) is 15.4. The zero-order valence-electron chi connectivity index (χ0n) is 18.1. The molecule has 32 heavy (non-hydrogen) atoms. The predicted molar refractivity (Wildman–Crippen MR) is 126 cm³/mol. The number of hydrogen-bond acceptors (Lipinski definition) is 3. The van der Waals surface area contributed by atoms with Gasteiger partial charge in [-0.15, -0.1) is 0 Å². The van der Waals surface area contributed by atoms with Crippen molar-refractivity contribution in [3.05, 3.63) is 89.5 Å². The van der Waals surface area contributed by atoms with Crippen LogP contribution in [0.25, 0.3) is 0 Å². The second-order valence-corrected chi connectivity index (χ2v) is 8.13. The lowest BCUT2D eigenvalue weighted by molar-refractivity contribution is -0.122. The second-order valence-electron chi connectivity index (χ2n) is 8.13. The van der Waals surface area contributed by atoms with Gasteiger partial charge in [-0.2, -0.15) is 0 Å². The topological polar surface area (TPSA) is 78.5 Å². The lowest BCUT2D eigenvalue weighted by Gasteiger charge is -2.18. The summed E-state index contributed by atoms with van der Waals surface area (Å²) in [6.07, 6.45) is 0.136. The van der Waals surface area contributed by atoms with Gasteiger partial charge in [-0.3, -0.25) is 14.4 Å². The molecule has 0 radical (unpaired) electrons. The highest BCUT2D eigenvalue weighted by Gasteiger charge is 2.35. The van der Waals surface area contributed by atoms with Crippen LogP contribution < -0.4 is 15.5 Å². The summed E-state index contributed by atoms with van der Waals surface area (Å²) in [5, 5.41) is 5.75. The van der Waals surface area contributed by atoms with E-state index in [0.717, 1.165) is 11.1 Å². The van der Waals surface area contributed by atoms with Gasteiger partial charge in [0.15, 0.2) is 0 Å². The SMILES string of the molecule is Cc1ccc(NC(=O)c2cccc(N3C[C@@H](C(=O)Nc4ccc(C)cc4)CC3=O)c2)cc1. The van der Waals surface area contributed by atoms with Gasteiger partial charge in [0.1, 0.15) is 0 Å². The van der Waals surface area contributed by atoms with Gasteiger partial charge in [0, 0.05) is 35.6 Å². The molecule has 0 spiro atoms. The maximum absolute atomic E-state index is 12.7. The monoisotopic (exact) mass is 427 g/mol. The average Bonchev–Trinajstić information content (AvgIpc) is 3.19. The van der Waals surface area contributed by atoms with Crippen LogP contribution >= 0.6 is 0 Å². The van der Waals surface area contributed by atoms with Gasteiger partial charge in [-0.1, -0.05) is 41.5 Å². The minimum Gasteiger partial charge on any atom is -0.326 e. The summed E-state index contributed by atoms with van der Waals surface area (Å²) in [6.45, 7) is 4.24. The van der Waals surface area contributed by atoms with Crippen LogP contribution in [0.1, 0.15) is 27.9 Å². The maximum Gasteiger partial charge on any atom is 0.255 e. The minimum absolute atomic E-state index is 0.134. The van der Waals surface area contributed by atoms with Crippen molar-refractivity contribution in [2.45, 2.75) is 20.3 Å². The van der Waals surface area contributed by atoms with E-state index in [-0.39, 0.29) is 30.7 Å². The van der Waals surface area contributed by atoms with Crippen molar-refractivity contribution >= 4 is 34.8 Å². The summed E-state index contributed by atoms with van der Waals surface area (Å²) in [6, 6.07) is 22.0. The maximum atomic E-state index is 12.7. The Balaban J connectivity index is 1.43. The molecule has 2 N–H and O–H groups in total. The van der Waals surface area contributed by atoms with Crippen LogP contribution in [0, 0.1) is 19.8 Å². The normalized spacial score (nSPS) is 15.5. The van der Waals surface area contributed by atoms with Crippen molar-refractivity contribution in [3.8, 4) is 0 Å². The summed E-state index contributed by atoms with van der Waals surface area (Å²) in [7, 11) is 0. The highest BCUT2D eigenvalue weighted by molar-refractivity contribution is 6.07. The standard InChI is InChI=1S/C26H25N3O3/c1-17-6-10-21(11-7-17)27-25(31)19-4-3-5-23(14-19)29-16-20(15-24(29)30)26(32)28-22-12-8-18(2)9-13-22/h3-14,20H,15-16H2,1-2H3,(H,27,31)(H,28,32)/t20-/m0/s1. The molecule has 1 fully saturated rings. The van der Waals surface area contributed by atoms with Crippen LogP contribution in [0.15, 0.2) is 72.8 Å². The Morgan fingerprint density at radius 3 is 2.06 bits per heavy atom. The lowest BCUT2D eigenvalue weighted by atomic mass is 10.1. The first-order valence-corrected chi connectivity index (χ1v) is 10.5. The van der Waals surface area contributed by atoms with E-state index in [9.17, 15) is 14.4 Å². The van der Waals surface area contributed by atoms with E-state index >= 15 is 0 Å². The van der Waals surface area contributed by atoms with Crippen molar-refractivity contribution in [2.75, 3.05) is 22.1 Å². The van der Waals surface area contributed by atoms with Crippen molar-refractivity contribution in [1.82, 2.24) is 0 Å². The zero-order valence-corrected chi connectivity index (χ0v) is 18.1. The molecule has 0 saturated carbocycles. The van der Waals surface area contributed by atoms with Crippen molar-refractivity contribution in [2.24, 2.45) is 5.92 Å². The third-order valence-corrected chi connectivity index (χ3v) is 5.54. The van der Waals surface area contributed by atoms with Gasteiger partial charge in [0.05, 0.1) is 5.92 Å². The number of rotatable bonds is 5. The lowest BCUT2D eigenvalue weighted by Crippen LogP contribution is -2.28. The fourth-order valence-corrected chi connectivity index (χ4v) is 3.67. The minimum atomic E-state index is -0.450. The summed E-state index contributed by atoms with van der Waals surface area (Å²) in [5.41, 5.74) is 4.69. The fourth-order valence-electron chi connectivity index (χ4n) is 3.67. The largest absolute Gasteiger partial charge is 0.326 e. The molecule has 1 saturated heterocycles. The number of aryl methyl sites for hydroxylation is 2. The molecule has 1 aliphatic rings. The smallest absolute Gasteiger partial charge is 0.255 e. The molecule has 0 aliphatic carbocycles. The van der Waals surface area contributed by atoms with E-state index in [2.05, 4.69) is 10.6 Å². The van der Waals surface area contributed by atoms with Gasteiger partial charge < -0.3 is 15.5 Å². The van der Waals surface area contributed by atoms with Gasteiger partial charge in [0.25, 0.3) is 5.91 Å². The van der Waals surface area contributed by atoms with Crippen molar-refractivity contribution in [1.29, 1.82) is 0 Å². The number of nitrogens with one attached hydrogen (secondary N) is 2. The molecular formula is C26H25N3O3. The second kappa shape index (κ2) is 9.06. The molecule has 3 amide bonds. The quantitative estimate of drug-likeness (QED) is 0.627. The van der Waals surface area contributed by atoms with Gasteiger partial charge in [-0.25, -0.2) is 0 Å². The molecule has 4 rings (SSSR count). The molecule has 3 aromatic carbocycles. The molecule has 0 bridgehead atoms. The van der Waals surface area contributed by atoms with E-state index in [1.165, 1.54) is 0 Å². The van der Waals surface area contributed by atoms with Crippen LogP contribution in [0.5, 0.6) is 0 Å². The van der Waals surface area contributed by atoms with Crippen LogP contribution in [0.3, 0.4) is 0 Å². The molecule has 1 atom stereocenters. The summed E-state index contributed by atoms with van der Waals surface area (Å²) in [5.74, 6) is -1.02. The molecule has 0 unspecified atom stereocenters. The summed E-state index contributed by atoms with van der Waals surface area (Å²) in [4.78, 5) is 39.5. The molecule has 1 heterocycles. The Hall–Kier alpha value is -3.93. The third-order valence-electron chi connectivity index (χ3n) is 5.54. The number of benzene rings is 3. The number of nitrogens with zero attached hydrogens (tertiary/aromatic N) is 1. The van der Waals surface area contributed by atoms with Gasteiger partial charge in [0.2, 0.25) is 11.8 Å². The number of carbonyl (C=O) groups is 3. The third kappa shape index (κ3) is 4.86. The Labute approximate surface area is 187 Å². The molecule has 1 aliphatic heterocycles. The molecule has 0 aromatic heterocycles. The number of amides is 3. The number of hydrogen-bond donors (Lipinski definition) is 2. The fraction of sp³-hybridized carbons (Fsp3) is 0.192. The van der Waals surface area contributed by atoms with Gasteiger partial charge >= 0.3 is 0 Å². The van der Waals surface area contributed by atoms with Crippen LogP contribution in [0.4, 0.5) is 17.1 Å². The Bertz CT molecular complexity index is 1150. The molecule has 6 nitrogen and oxygen atoms in total. The highest BCUT2D eigenvalue weighted by atomic mass is 16.2. The molecule has 6 heteroatoms. The van der Waals surface area contributed by atoms with Crippen molar-refractivity contribution < 1.29 is 14.4 Å². The van der Waals surface area contributed by atoms with E-state index in [1.54, 1.807) is 29.2 Å². The number of carbonyl (C=O) groups excluding carboxylic acids is 3. The first kappa shape index (κ1) is 21.3. The van der Waals surface area contributed by atoms with E-state index in [4.69, 9.17) is 0 Å². The van der Waals surface area contributed by atoms with Crippen LogP contribution in [0.2, 0.25) is 0 Å². The Morgan fingerprint density at radius 1 is 0.844 bits per heavy atom. The van der Waals surface area contributed by atoms with Gasteiger partial charge in [-0.05, 0) is 56.3 Å². The van der Waals surface area contributed by atoms with E-state index in [0.29, 0.717) is 22.6 Å². The summed E-state index contributed by atoms with van der Waals surface area (Å²) >= 11 is 0. The van der Waals surface area contributed by atoms with E-state index in [1.807, 2.05) is 62.4 Å².